The minimum atomic E-state index is -4.67. The molecule has 2 atom stereocenters. The second kappa shape index (κ2) is 8.12. The third-order valence-electron chi connectivity index (χ3n) is 3.05. The first-order valence-electron chi connectivity index (χ1n) is 6.11. The molecule has 0 radical (unpaired) electrons. The van der Waals surface area contributed by atoms with E-state index in [1.54, 1.807) is 19.0 Å². The Morgan fingerprint density at radius 1 is 1.19 bits per heavy atom. The molecule has 0 aromatic heterocycles. The van der Waals surface area contributed by atoms with Gasteiger partial charge in [0.1, 0.15) is 0 Å². The summed E-state index contributed by atoms with van der Waals surface area (Å²) in [4.78, 5) is 24.0. The zero-order valence-corrected chi connectivity index (χ0v) is 12.7. The molecule has 1 aliphatic carbocycles. The van der Waals surface area contributed by atoms with Crippen LogP contribution >= 0.6 is 0 Å². The van der Waals surface area contributed by atoms with Gasteiger partial charge in [-0.2, -0.15) is 8.42 Å². The van der Waals surface area contributed by atoms with Crippen LogP contribution in [0.5, 0.6) is 0 Å². The van der Waals surface area contributed by atoms with Crippen LogP contribution in [0.4, 0.5) is 4.79 Å². The van der Waals surface area contributed by atoms with Crippen LogP contribution in [0.25, 0.3) is 0 Å². The molecule has 0 saturated heterocycles. The number of nitrogens with zero attached hydrogens (tertiary/aromatic N) is 2. The van der Waals surface area contributed by atoms with Crippen molar-refractivity contribution in [2.75, 3.05) is 14.1 Å². The largest absolute Gasteiger partial charge is 0.464 e. The van der Waals surface area contributed by atoms with Gasteiger partial charge in [0.05, 0.1) is 6.04 Å². The maximum absolute atomic E-state index is 11.8. The normalized spacial score (nSPS) is 21.8. The summed E-state index contributed by atoms with van der Waals surface area (Å²) in [6, 6.07) is -0.236. The summed E-state index contributed by atoms with van der Waals surface area (Å²) in [5.74, 6) is 5.40. The predicted octanol–water partition coefficient (Wildman–Crippen LogP) is -0.166. The molecule has 2 amide bonds. The van der Waals surface area contributed by atoms with Crippen LogP contribution in [0, 0.1) is 5.92 Å². The summed E-state index contributed by atoms with van der Waals surface area (Å²) in [6.45, 7) is 0. The lowest BCUT2D eigenvalue weighted by Crippen LogP contribution is -2.48. The predicted molar refractivity (Wildman–Crippen MR) is 72.7 cm³/mol. The highest BCUT2D eigenvalue weighted by Crippen LogP contribution is 2.27. The van der Waals surface area contributed by atoms with Gasteiger partial charge in [0.15, 0.2) is 0 Å². The van der Waals surface area contributed by atoms with E-state index in [1.807, 2.05) is 0 Å². The van der Waals surface area contributed by atoms with Crippen molar-refractivity contribution in [3.05, 3.63) is 0 Å². The molecule has 1 rings (SSSR count). The fraction of sp³-hybridized carbons (Fsp3) is 0.800. The van der Waals surface area contributed by atoms with Crippen LogP contribution in [0.15, 0.2) is 0 Å². The number of hydrogen-bond acceptors (Lipinski definition) is 5. The molecule has 1 aliphatic rings. The molecule has 11 heteroatoms. The average Bonchev–Trinajstić information content (AvgIpc) is 2.34. The Labute approximate surface area is 123 Å². The van der Waals surface area contributed by atoms with Gasteiger partial charge in [-0.3, -0.25) is 13.9 Å². The zero-order chi connectivity index (χ0) is 16.8. The Morgan fingerprint density at radius 3 is 2.05 bits per heavy atom. The Kier molecular flexibility index (Phi) is 7.57. The van der Waals surface area contributed by atoms with Gasteiger partial charge in [0.25, 0.3) is 0 Å². The van der Waals surface area contributed by atoms with Gasteiger partial charge in [-0.05, 0) is 19.3 Å². The molecule has 0 heterocycles. The second-order valence-corrected chi connectivity index (χ2v) is 5.78. The number of hydrazine groups is 1. The van der Waals surface area contributed by atoms with Crippen molar-refractivity contribution in [2.45, 2.75) is 31.7 Å². The molecule has 1 saturated carbocycles. The van der Waals surface area contributed by atoms with Gasteiger partial charge in [0, 0.05) is 20.0 Å². The summed E-state index contributed by atoms with van der Waals surface area (Å²) in [5, 5.41) is 9.60. The topological polar surface area (TPSA) is 161 Å². The Bertz CT molecular complexity index is 457. The SMILES string of the molecule is CN(C)C(=O)[C@H]1CCCC(N(N)C(=O)O)C1.O=S(=O)(O)O. The third-order valence-corrected chi connectivity index (χ3v) is 3.05. The van der Waals surface area contributed by atoms with Crippen LogP contribution in [-0.2, 0) is 15.2 Å². The van der Waals surface area contributed by atoms with Crippen molar-refractivity contribution in [3.63, 3.8) is 0 Å². The quantitative estimate of drug-likeness (QED) is 0.235. The number of carbonyl (C=O) groups excluding carboxylic acids is 1. The Morgan fingerprint density at radius 2 is 1.67 bits per heavy atom. The smallest absolute Gasteiger partial charge is 0.421 e. The number of amides is 2. The zero-order valence-electron chi connectivity index (χ0n) is 11.8. The molecular formula is C10H21N3O7S. The lowest BCUT2D eigenvalue weighted by Gasteiger charge is -2.33. The minimum Gasteiger partial charge on any atom is -0.464 e. The summed E-state index contributed by atoms with van der Waals surface area (Å²) in [7, 11) is -1.24. The van der Waals surface area contributed by atoms with Crippen molar-refractivity contribution < 1.29 is 32.2 Å². The number of carboxylic acid groups (broad SMARTS) is 1. The van der Waals surface area contributed by atoms with Crippen LogP contribution in [0.1, 0.15) is 25.7 Å². The molecule has 0 spiro atoms. The van der Waals surface area contributed by atoms with E-state index >= 15 is 0 Å². The van der Waals surface area contributed by atoms with Gasteiger partial charge in [-0.15, -0.1) is 0 Å². The van der Waals surface area contributed by atoms with Crippen LogP contribution < -0.4 is 5.84 Å². The van der Waals surface area contributed by atoms with Gasteiger partial charge >= 0.3 is 16.5 Å². The van der Waals surface area contributed by atoms with Gasteiger partial charge < -0.3 is 10.0 Å². The molecule has 0 aliphatic heterocycles. The first-order valence-corrected chi connectivity index (χ1v) is 7.51. The third kappa shape index (κ3) is 8.45. The van der Waals surface area contributed by atoms with Crippen molar-refractivity contribution in [1.29, 1.82) is 0 Å². The van der Waals surface area contributed by atoms with Gasteiger partial charge in [-0.1, -0.05) is 6.42 Å². The molecule has 0 bridgehead atoms. The first-order chi connectivity index (χ1) is 9.43. The van der Waals surface area contributed by atoms with Crippen molar-refractivity contribution >= 4 is 22.4 Å². The van der Waals surface area contributed by atoms with E-state index in [0.29, 0.717) is 6.42 Å². The van der Waals surface area contributed by atoms with Crippen molar-refractivity contribution in [1.82, 2.24) is 9.91 Å². The molecule has 124 valence electrons. The number of rotatable bonds is 2. The van der Waals surface area contributed by atoms with Crippen molar-refractivity contribution in [3.8, 4) is 0 Å². The first kappa shape index (κ1) is 19.6. The van der Waals surface area contributed by atoms with E-state index in [4.69, 9.17) is 28.5 Å². The molecule has 10 nitrogen and oxygen atoms in total. The molecule has 0 aromatic rings. The summed E-state index contributed by atoms with van der Waals surface area (Å²) < 4.78 is 31.6. The molecule has 5 N–H and O–H groups in total. The fourth-order valence-electron chi connectivity index (χ4n) is 2.16. The Hall–Kier alpha value is -1.43. The fourth-order valence-corrected chi connectivity index (χ4v) is 2.16. The molecule has 21 heavy (non-hydrogen) atoms. The average molecular weight is 327 g/mol. The van der Waals surface area contributed by atoms with E-state index in [9.17, 15) is 9.59 Å². The van der Waals surface area contributed by atoms with Gasteiger partial charge in [-0.25, -0.2) is 15.6 Å². The van der Waals surface area contributed by atoms with E-state index < -0.39 is 16.5 Å². The molecular weight excluding hydrogens is 306 g/mol. The minimum absolute atomic E-state index is 0.0588. The Balaban J connectivity index is 0.000000690. The monoisotopic (exact) mass is 327 g/mol. The summed E-state index contributed by atoms with van der Waals surface area (Å²) >= 11 is 0. The van der Waals surface area contributed by atoms with E-state index in [-0.39, 0.29) is 17.9 Å². The summed E-state index contributed by atoms with van der Waals surface area (Å²) in [5.41, 5.74) is 0. The van der Waals surface area contributed by atoms with Crippen LogP contribution in [-0.4, -0.2) is 64.7 Å². The van der Waals surface area contributed by atoms with Gasteiger partial charge in [0.2, 0.25) is 5.91 Å². The number of hydrogen-bond donors (Lipinski definition) is 4. The maximum atomic E-state index is 11.8. The van der Waals surface area contributed by atoms with E-state index in [1.165, 1.54) is 0 Å². The molecule has 1 fully saturated rings. The summed E-state index contributed by atoms with van der Waals surface area (Å²) in [6.07, 6.45) is 1.79. The standard InChI is InChI=1S/C10H19N3O3.H2O4S/c1-12(2)9(14)7-4-3-5-8(6-7)13(11)10(15)16;1-5(2,3)4/h7-8H,3-6,11H2,1-2H3,(H,15,16);(H2,1,2,3,4)/t7-,8?;/m0./s1. The van der Waals surface area contributed by atoms with Crippen LogP contribution in [0.2, 0.25) is 0 Å². The highest BCUT2D eigenvalue weighted by atomic mass is 32.3. The van der Waals surface area contributed by atoms with E-state index in [0.717, 1.165) is 24.3 Å². The highest BCUT2D eigenvalue weighted by Gasteiger charge is 2.32. The highest BCUT2D eigenvalue weighted by molar-refractivity contribution is 7.79. The second-order valence-electron chi connectivity index (χ2n) is 4.89. The van der Waals surface area contributed by atoms with E-state index in [2.05, 4.69) is 0 Å². The lowest BCUT2D eigenvalue weighted by molar-refractivity contribution is -0.134. The molecule has 0 aromatic carbocycles. The van der Waals surface area contributed by atoms with Crippen LogP contribution in [0.3, 0.4) is 0 Å². The van der Waals surface area contributed by atoms with Crippen molar-refractivity contribution in [2.24, 2.45) is 11.8 Å². The molecule has 1 unspecified atom stereocenters. The lowest BCUT2D eigenvalue weighted by atomic mass is 9.84. The maximum Gasteiger partial charge on any atom is 0.421 e. The number of carbonyl (C=O) groups is 2. The number of nitrogens with two attached hydrogens (primary N) is 1.